The molecule has 10 aliphatic rings. The van der Waals surface area contributed by atoms with Gasteiger partial charge >= 0.3 is 69.6 Å². The first kappa shape index (κ1) is 4.66. The van der Waals surface area contributed by atoms with Gasteiger partial charge in [-0.25, -0.2) is 0 Å². The molecule has 14 heavy (non-hydrogen) atoms. The second kappa shape index (κ2) is 0.305. The molecule has 10 saturated heterocycles. The standard InChI is InChI=1S/C7H7O.C5H5.Os/c1-6(8)7-4-2-3-5-7;1-2-4-5-3-1;/h2-5H,1H3;1-5H;. The van der Waals surface area contributed by atoms with Crippen LogP contribution in [-0.4, -0.2) is 5.78 Å². The molecule has 0 bridgehead atoms. The molecule has 0 amide bonds. The molecular formula is C12H12OOs. The maximum atomic E-state index is 12.2. The third-order valence-corrected chi connectivity index (χ3v) is 113. The van der Waals surface area contributed by atoms with E-state index in [1.807, 2.05) is 6.92 Å². The summed E-state index contributed by atoms with van der Waals surface area (Å²) in [5, 5.41) is 0. The molecule has 0 saturated carbocycles. The molecule has 0 aliphatic carbocycles. The molecule has 1 spiro atoms. The van der Waals surface area contributed by atoms with Gasteiger partial charge in [-0.2, -0.15) is 0 Å². The van der Waals surface area contributed by atoms with Gasteiger partial charge in [0.15, 0.2) is 0 Å². The van der Waals surface area contributed by atoms with E-state index in [4.69, 9.17) is 0 Å². The van der Waals surface area contributed by atoms with Gasteiger partial charge in [0.2, 0.25) is 0 Å². The quantitative estimate of drug-likeness (QED) is 0.699. The molecule has 0 aromatic carbocycles. The molecule has 10 rings (SSSR count). The summed E-state index contributed by atoms with van der Waals surface area (Å²) in [5.74, 6) is 0.738. The van der Waals surface area contributed by atoms with Crippen molar-refractivity contribution in [1.82, 2.24) is 0 Å². The normalized spacial score (nSPS) is 142. The van der Waals surface area contributed by atoms with Crippen molar-refractivity contribution in [2.75, 3.05) is 0 Å². The van der Waals surface area contributed by atoms with Crippen molar-refractivity contribution < 1.29 is 12.7 Å². The van der Waals surface area contributed by atoms with Crippen LogP contribution in [0.2, 0.25) is 44.2 Å². The van der Waals surface area contributed by atoms with E-state index < -0.39 is 7.88 Å². The first-order valence-corrected chi connectivity index (χ1v) is 20.7. The van der Waals surface area contributed by atoms with Crippen molar-refractivity contribution >= 4 is 5.78 Å². The number of Topliss-reactive ketones (excluding diaryl/α,β-unsaturated/α-hetero) is 1. The summed E-state index contributed by atoms with van der Waals surface area (Å²) >= 11 is 0. The Kier molecular flexibility index (Phi) is 0.102. The van der Waals surface area contributed by atoms with Gasteiger partial charge in [-0.1, -0.05) is 0 Å². The van der Waals surface area contributed by atoms with E-state index in [2.05, 4.69) is 0 Å². The zero-order chi connectivity index (χ0) is 8.59. The van der Waals surface area contributed by atoms with E-state index in [-0.39, 0.29) is 0 Å². The van der Waals surface area contributed by atoms with Crippen LogP contribution in [0.25, 0.3) is 0 Å². The zero-order valence-electron chi connectivity index (χ0n) is 7.96. The van der Waals surface area contributed by atoms with Crippen LogP contribution in [0.4, 0.5) is 0 Å². The van der Waals surface area contributed by atoms with E-state index in [9.17, 15) is 4.79 Å². The third-order valence-electron chi connectivity index (χ3n) is 15.2. The van der Waals surface area contributed by atoms with E-state index in [1.54, 1.807) is 0 Å². The number of ketones is 1. The van der Waals surface area contributed by atoms with Gasteiger partial charge in [0.1, 0.15) is 0 Å². The number of rotatable bonds is 1. The molecule has 1 nitrogen and oxygen atoms in total. The molecule has 10 heterocycles. The summed E-state index contributed by atoms with van der Waals surface area (Å²) in [4.78, 5) is 12.2. The Balaban J connectivity index is 1.98. The molecule has 10 fully saturated rings. The second-order valence-electron chi connectivity index (χ2n) is 10.2. The summed E-state index contributed by atoms with van der Waals surface area (Å²) < 4.78 is 12.5. The summed E-state index contributed by atoms with van der Waals surface area (Å²) in [6.07, 6.45) is 0. The summed E-state index contributed by atoms with van der Waals surface area (Å²) in [5.41, 5.74) is 0. The topological polar surface area (TPSA) is 17.1 Å². The molecule has 74 valence electrons. The van der Waals surface area contributed by atoms with E-state index >= 15 is 0 Å². The first-order chi connectivity index (χ1) is 6.49. The van der Waals surface area contributed by atoms with Crippen LogP contribution in [0.1, 0.15) is 6.92 Å². The van der Waals surface area contributed by atoms with E-state index in [1.165, 1.54) is 40.2 Å². The number of carbonyl (C=O) groups excluding carboxylic acids is 1. The summed E-state index contributed by atoms with van der Waals surface area (Å²) in [7, 11) is -3.35. The maximum absolute atomic E-state index is 12.2. The Morgan fingerprint density at radius 3 is 1.43 bits per heavy atom. The number of carbonyl (C=O) groups is 1. The summed E-state index contributed by atoms with van der Waals surface area (Å²) in [6.45, 7) is 1.99. The number of hydrogen-bond acceptors (Lipinski definition) is 1. The van der Waals surface area contributed by atoms with Crippen molar-refractivity contribution in [3.8, 4) is 0 Å². The Morgan fingerprint density at radius 1 is 0.929 bits per heavy atom. The molecule has 0 radical (unpaired) electrons. The second-order valence-corrected chi connectivity index (χ2v) is 64.4. The van der Waals surface area contributed by atoms with Crippen LogP contribution in [0.3, 0.4) is 0 Å². The number of hydrogen-bond donors (Lipinski definition) is 0. The molecule has 0 N–H and O–H groups in total. The van der Waals surface area contributed by atoms with E-state index in [0.717, 1.165) is 5.78 Å². The van der Waals surface area contributed by atoms with E-state index in [0.29, 0.717) is 3.97 Å². The van der Waals surface area contributed by atoms with Gasteiger partial charge in [0.25, 0.3) is 0 Å². The Labute approximate surface area is 69.7 Å². The fourth-order valence-electron chi connectivity index (χ4n) is 17.2. The predicted molar refractivity (Wildman–Crippen MR) is 47.1 cm³/mol. The van der Waals surface area contributed by atoms with Gasteiger partial charge in [-0.15, -0.1) is 0 Å². The SMILES string of the molecule is CC(=O)[C]12[CH]3[CH]4[CH]5[CH]1[Os]45321678[CH]2[CH]1[CH]6[CH]7[CH]28. The van der Waals surface area contributed by atoms with Crippen LogP contribution < -0.4 is 0 Å². The molecule has 10 aliphatic heterocycles. The average Bonchev–Trinajstić information content (AvgIpc) is 3.13. The van der Waals surface area contributed by atoms with Crippen molar-refractivity contribution in [1.29, 1.82) is 0 Å². The molecule has 4 unspecified atom stereocenters. The Hall–Kier alpha value is 0.306. The number of fused-ring (bicyclic) bond motifs is 10. The van der Waals surface area contributed by atoms with Crippen LogP contribution in [0.15, 0.2) is 0 Å². The van der Waals surface area contributed by atoms with Crippen LogP contribution >= 0.6 is 0 Å². The van der Waals surface area contributed by atoms with Gasteiger partial charge in [-0.05, 0) is 0 Å². The van der Waals surface area contributed by atoms with Gasteiger partial charge in [0, 0.05) is 0 Å². The van der Waals surface area contributed by atoms with Gasteiger partial charge in [-0.3, -0.25) is 0 Å². The Bertz CT molecular complexity index is 844. The molecular weight excluding hydrogens is 350 g/mol. The average molecular weight is 362 g/mol. The fraction of sp³-hybridized carbons (Fsp3) is 0.917. The Morgan fingerprint density at radius 2 is 1.36 bits per heavy atom. The van der Waals surface area contributed by atoms with Crippen LogP contribution in [0.5, 0.6) is 0 Å². The van der Waals surface area contributed by atoms with Crippen molar-refractivity contribution in [2.24, 2.45) is 0 Å². The monoisotopic (exact) mass is 364 g/mol. The third kappa shape index (κ3) is 0.0327. The van der Waals surface area contributed by atoms with Gasteiger partial charge < -0.3 is 0 Å². The zero-order valence-corrected chi connectivity index (χ0v) is 10.5. The fourth-order valence-corrected chi connectivity index (χ4v) is 243. The van der Waals surface area contributed by atoms with Gasteiger partial charge in [0.05, 0.1) is 0 Å². The van der Waals surface area contributed by atoms with Crippen molar-refractivity contribution in [2.45, 2.75) is 51.1 Å². The minimum absolute atomic E-state index is 0.582. The van der Waals surface area contributed by atoms with Crippen molar-refractivity contribution in [3.05, 3.63) is 0 Å². The minimum atomic E-state index is -3.35. The molecule has 0 aromatic heterocycles. The predicted octanol–water partition coefficient (Wildman–Crippen LogP) is 3.33. The molecule has 2 heteroatoms. The molecule has 0 aromatic rings. The van der Waals surface area contributed by atoms with Crippen LogP contribution in [0, 0.1) is 0 Å². The van der Waals surface area contributed by atoms with Crippen LogP contribution in [-0.2, 0) is 12.7 Å². The molecule has 4 atom stereocenters. The first-order valence-electron chi connectivity index (χ1n) is 6.21. The van der Waals surface area contributed by atoms with Crippen molar-refractivity contribution in [3.63, 3.8) is 0 Å². The summed E-state index contributed by atoms with van der Waals surface area (Å²) in [6, 6.07) is 0.